The van der Waals surface area contributed by atoms with Crippen LogP contribution in [0.4, 0.5) is 5.69 Å². The Bertz CT molecular complexity index is 1090. The van der Waals surface area contributed by atoms with E-state index >= 15 is 0 Å². The van der Waals surface area contributed by atoms with Crippen LogP contribution in [0.1, 0.15) is 35.5 Å². The van der Waals surface area contributed by atoms with Crippen LogP contribution >= 0.6 is 27.3 Å². The third-order valence-corrected chi connectivity index (χ3v) is 6.51. The molecule has 0 amide bonds. The van der Waals surface area contributed by atoms with Gasteiger partial charge in [-0.3, -0.25) is 9.78 Å². The number of hydrogen-bond donors (Lipinski definition) is 1. The first kappa shape index (κ1) is 23.1. The molecule has 0 unspecified atom stereocenters. The van der Waals surface area contributed by atoms with Crippen molar-refractivity contribution in [2.24, 2.45) is 13.0 Å². The highest BCUT2D eigenvalue weighted by Gasteiger charge is 2.20. The molecule has 2 atom stereocenters. The fraction of sp³-hybridized carbons (Fsp3) is 0.450. The van der Waals surface area contributed by atoms with E-state index in [1.165, 1.54) is 16.0 Å². The highest BCUT2D eigenvalue weighted by atomic mass is 79.9. The van der Waals surface area contributed by atoms with E-state index in [-0.39, 0.29) is 17.4 Å². The topological polar surface area (TPSA) is 104 Å². The van der Waals surface area contributed by atoms with Gasteiger partial charge < -0.3 is 14.8 Å². The van der Waals surface area contributed by atoms with Crippen LogP contribution in [0.2, 0.25) is 0 Å². The smallest absolute Gasteiger partial charge is 0.291 e. The molecule has 3 aromatic rings. The first-order valence-corrected chi connectivity index (χ1v) is 11.3. The van der Waals surface area contributed by atoms with E-state index < -0.39 is 0 Å². The summed E-state index contributed by atoms with van der Waals surface area (Å²) in [5.74, 6) is 1.39. The van der Waals surface area contributed by atoms with E-state index in [1.807, 2.05) is 19.1 Å². The number of pyridine rings is 1. The number of halogens is 1. The van der Waals surface area contributed by atoms with Crippen LogP contribution in [0.25, 0.3) is 0 Å². The molecule has 0 fully saturated rings. The fourth-order valence-corrected chi connectivity index (χ4v) is 3.99. The summed E-state index contributed by atoms with van der Waals surface area (Å²) >= 11 is 4.95. The number of nitrogens with zero attached hydrogens (tertiary/aromatic N) is 5. The lowest BCUT2D eigenvalue weighted by molar-refractivity contribution is 0.226. The minimum Gasteiger partial charge on any atom is -0.495 e. The van der Waals surface area contributed by atoms with E-state index in [9.17, 15) is 4.79 Å². The number of methoxy groups -OCH3 is 1. The number of aromatic nitrogens is 5. The summed E-state index contributed by atoms with van der Waals surface area (Å²) < 4.78 is 12.9. The number of hydrogen-bond acceptors (Lipinski definition) is 9. The molecule has 0 aliphatic carbocycles. The van der Waals surface area contributed by atoms with Gasteiger partial charge in [0.25, 0.3) is 5.56 Å². The molecule has 0 spiro atoms. The van der Waals surface area contributed by atoms with Gasteiger partial charge in [0.1, 0.15) is 25.9 Å². The first-order chi connectivity index (χ1) is 14.8. The standard InChI is InChI=1S/C20H25BrN6O3S/c1-11(12(2)15-7-6-14(29-5)8-22-15)10-30-19-17(21)18(20(28)27(4)26-19)23-9-16-25-24-13(3)31-16/h6-8,11-12,23H,9-10H2,1-5H3/t11-,12+/m1/s1. The van der Waals surface area contributed by atoms with E-state index in [0.717, 1.165) is 21.5 Å². The van der Waals surface area contributed by atoms with Crippen LogP contribution in [0, 0.1) is 12.8 Å². The van der Waals surface area contributed by atoms with Crippen LogP contribution in [-0.2, 0) is 13.6 Å². The second-order valence-electron chi connectivity index (χ2n) is 7.19. The van der Waals surface area contributed by atoms with Crippen molar-refractivity contribution in [1.82, 2.24) is 25.0 Å². The predicted molar refractivity (Wildman–Crippen MR) is 123 cm³/mol. The zero-order chi connectivity index (χ0) is 22.5. The Labute approximate surface area is 193 Å². The summed E-state index contributed by atoms with van der Waals surface area (Å²) in [6.07, 6.45) is 1.71. The minimum atomic E-state index is -0.260. The molecule has 0 bridgehead atoms. The molecule has 0 aliphatic rings. The lowest BCUT2D eigenvalue weighted by Gasteiger charge is -2.20. The number of ether oxygens (including phenoxy) is 2. The Morgan fingerprint density at radius 1 is 1.29 bits per heavy atom. The lowest BCUT2D eigenvalue weighted by Crippen LogP contribution is -2.25. The van der Waals surface area contributed by atoms with Crippen LogP contribution in [-0.4, -0.2) is 38.7 Å². The van der Waals surface area contributed by atoms with Crippen LogP contribution < -0.4 is 20.3 Å². The van der Waals surface area contributed by atoms with Crippen molar-refractivity contribution < 1.29 is 9.47 Å². The Balaban J connectivity index is 1.70. The third kappa shape index (κ3) is 5.59. The summed E-state index contributed by atoms with van der Waals surface area (Å²) in [6, 6.07) is 3.85. The molecule has 3 aromatic heterocycles. The van der Waals surface area contributed by atoms with Crippen molar-refractivity contribution >= 4 is 33.0 Å². The van der Waals surface area contributed by atoms with E-state index in [2.05, 4.69) is 55.4 Å². The molecule has 0 saturated heterocycles. The quantitative estimate of drug-likeness (QED) is 0.467. The number of rotatable bonds is 9. The van der Waals surface area contributed by atoms with Crippen LogP contribution in [0.5, 0.6) is 11.6 Å². The molecule has 9 nitrogen and oxygen atoms in total. The van der Waals surface area contributed by atoms with Gasteiger partial charge in [0, 0.05) is 18.7 Å². The largest absolute Gasteiger partial charge is 0.495 e. The molecule has 3 heterocycles. The molecule has 0 aliphatic heterocycles. The molecular formula is C20H25BrN6O3S. The van der Waals surface area contributed by atoms with E-state index in [1.54, 1.807) is 20.4 Å². The van der Waals surface area contributed by atoms with Gasteiger partial charge in [0.05, 0.1) is 26.5 Å². The predicted octanol–water partition coefficient (Wildman–Crippen LogP) is 3.54. The molecule has 166 valence electrons. The molecule has 0 radical (unpaired) electrons. The van der Waals surface area contributed by atoms with Crippen LogP contribution in [0.15, 0.2) is 27.6 Å². The maximum absolute atomic E-state index is 12.6. The zero-order valence-corrected chi connectivity index (χ0v) is 20.5. The average Bonchev–Trinajstić information content (AvgIpc) is 3.19. The highest BCUT2D eigenvalue weighted by Crippen LogP contribution is 2.30. The Hall–Kier alpha value is -2.53. The summed E-state index contributed by atoms with van der Waals surface area (Å²) in [7, 11) is 3.21. The van der Waals surface area contributed by atoms with Gasteiger partial charge in [-0.05, 0) is 40.9 Å². The van der Waals surface area contributed by atoms with Crippen molar-refractivity contribution in [1.29, 1.82) is 0 Å². The fourth-order valence-electron chi connectivity index (χ4n) is 2.83. The normalized spacial score (nSPS) is 13.0. The SMILES string of the molecule is COc1ccc([C@@H](C)[C@H](C)COc2nn(C)c(=O)c(NCc3nnc(C)s3)c2Br)nc1. The maximum Gasteiger partial charge on any atom is 0.291 e. The van der Waals surface area contributed by atoms with Crippen molar-refractivity contribution in [3.63, 3.8) is 0 Å². The third-order valence-electron chi connectivity index (χ3n) is 4.94. The molecule has 11 heteroatoms. The lowest BCUT2D eigenvalue weighted by atomic mass is 9.93. The molecule has 0 saturated carbocycles. The minimum absolute atomic E-state index is 0.160. The first-order valence-electron chi connectivity index (χ1n) is 9.72. The Morgan fingerprint density at radius 3 is 2.68 bits per heavy atom. The summed E-state index contributed by atoms with van der Waals surface area (Å²) in [4.78, 5) is 17.0. The van der Waals surface area contributed by atoms with Gasteiger partial charge in [-0.15, -0.1) is 15.3 Å². The van der Waals surface area contributed by atoms with Crippen molar-refractivity contribution in [2.75, 3.05) is 19.0 Å². The van der Waals surface area contributed by atoms with Crippen LogP contribution in [0.3, 0.4) is 0 Å². The van der Waals surface area contributed by atoms with Crippen molar-refractivity contribution in [2.45, 2.75) is 33.2 Å². The second-order valence-corrected chi connectivity index (χ2v) is 9.25. The highest BCUT2D eigenvalue weighted by molar-refractivity contribution is 9.10. The molecular weight excluding hydrogens is 484 g/mol. The van der Waals surface area contributed by atoms with E-state index in [4.69, 9.17) is 9.47 Å². The van der Waals surface area contributed by atoms with Gasteiger partial charge in [0.15, 0.2) is 0 Å². The number of aryl methyl sites for hydroxylation is 2. The molecule has 3 rings (SSSR count). The molecule has 0 aromatic carbocycles. The Morgan fingerprint density at radius 2 is 2.06 bits per heavy atom. The van der Waals surface area contributed by atoms with Gasteiger partial charge in [-0.2, -0.15) is 0 Å². The second kappa shape index (κ2) is 10.2. The number of anilines is 1. The van der Waals surface area contributed by atoms with Gasteiger partial charge in [-0.25, -0.2) is 4.68 Å². The van der Waals surface area contributed by atoms with Crippen molar-refractivity contribution in [3.8, 4) is 11.6 Å². The molecule has 31 heavy (non-hydrogen) atoms. The molecule has 1 N–H and O–H groups in total. The summed E-state index contributed by atoms with van der Waals surface area (Å²) in [6.45, 7) is 6.87. The summed E-state index contributed by atoms with van der Waals surface area (Å²) in [5, 5.41) is 17.1. The maximum atomic E-state index is 12.6. The Kier molecular flexibility index (Phi) is 7.60. The van der Waals surface area contributed by atoms with Gasteiger partial charge in [-0.1, -0.05) is 25.2 Å². The number of nitrogens with one attached hydrogen (secondary N) is 1. The van der Waals surface area contributed by atoms with Crippen molar-refractivity contribution in [3.05, 3.63) is 48.9 Å². The average molecular weight is 509 g/mol. The monoisotopic (exact) mass is 508 g/mol. The zero-order valence-electron chi connectivity index (χ0n) is 18.0. The summed E-state index contributed by atoms with van der Waals surface area (Å²) in [5.41, 5.74) is 1.07. The van der Waals surface area contributed by atoms with Gasteiger partial charge in [0.2, 0.25) is 5.88 Å². The van der Waals surface area contributed by atoms with E-state index in [0.29, 0.717) is 29.2 Å². The van der Waals surface area contributed by atoms with Gasteiger partial charge >= 0.3 is 0 Å².